The molecular weight excluding hydrogens is 410 g/mol. The van der Waals surface area contributed by atoms with Gasteiger partial charge in [0.2, 0.25) is 0 Å². The molecule has 1 aliphatic heterocycles. The van der Waals surface area contributed by atoms with Crippen molar-refractivity contribution >= 4 is 39.8 Å². The zero-order valence-corrected chi connectivity index (χ0v) is 16.7. The summed E-state index contributed by atoms with van der Waals surface area (Å²) < 4.78 is 12.7. The molecule has 30 heavy (non-hydrogen) atoms. The number of aromatic nitrogens is 6. The zero-order chi connectivity index (χ0) is 20.8. The van der Waals surface area contributed by atoms with E-state index in [1.807, 2.05) is 18.2 Å². The van der Waals surface area contributed by atoms with Crippen LogP contribution in [-0.2, 0) is 4.74 Å². The van der Waals surface area contributed by atoms with E-state index in [4.69, 9.17) is 15.2 Å². The first-order valence-electron chi connectivity index (χ1n) is 9.16. The number of anilines is 1. The molecule has 12 heteroatoms. The number of thioether (sulfide) groups is 1. The lowest BCUT2D eigenvalue weighted by atomic mass is 10.1. The van der Waals surface area contributed by atoms with E-state index in [9.17, 15) is 10.2 Å². The van der Waals surface area contributed by atoms with Crippen LogP contribution in [0.5, 0.6) is 5.75 Å². The number of nitrogens with zero attached hydrogens (tertiary/aromatic N) is 5. The van der Waals surface area contributed by atoms with Crippen molar-refractivity contribution in [2.75, 3.05) is 18.6 Å². The van der Waals surface area contributed by atoms with E-state index in [2.05, 4.69) is 24.9 Å². The first kappa shape index (κ1) is 19.1. The number of ether oxygens (including phenoxy) is 2. The Morgan fingerprint density at radius 1 is 1.27 bits per heavy atom. The highest BCUT2D eigenvalue weighted by Gasteiger charge is 2.44. The Morgan fingerprint density at radius 2 is 2.13 bits per heavy atom. The van der Waals surface area contributed by atoms with Crippen LogP contribution in [0.25, 0.3) is 22.2 Å². The van der Waals surface area contributed by atoms with Gasteiger partial charge in [0.1, 0.15) is 29.8 Å². The smallest absolute Gasteiger partial charge is 0.167 e. The number of benzene rings is 1. The van der Waals surface area contributed by atoms with Gasteiger partial charge < -0.3 is 30.4 Å². The third-order valence-corrected chi connectivity index (χ3v) is 6.01. The summed E-state index contributed by atoms with van der Waals surface area (Å²) in [7, 11) is 1.61. The minimum atomic E-state index is -1.15. The third kappa shape index (κ3) is 3.13. The molecule has 0 saturated carbocycles. The lowest BCUT2D eigenvalue weighted by Gasteiger charge is -2.16. The first-order valence-corrected chi connectivity index (χ1v) is 10.1. The lowest BCUT2D eigenvalue weighted by Crippen LogP contribution is -2.32. The molecule has 1 fully saturated rings. The number of H-pyrrole nitrogens is 1. The normalized spacial score (nSPS) is 24.1. The summed E-state index contributed by atoms with van der Waals surface area (Å²) in [6.07, 6.45) is -0.900. The number of imidazole rings is 2. The Kier molecular flexibility index (Phi) is 4.70. The second-order valence-electron chi connectivity index (χ2n) is 6.87. The molecule has 5 N–H and O–H groups in total. The molecule has 156 valence electrons. The van der Waals surface area contributed by atoms with E-state index >= 15 is 0 Å². The second-order valence-corrected chi connectivity index (χ2v) is 7.87. The van der Waals surface area contributed by atoms with Crippen molar-refractivity contribution in [1.82, 2.24) is 29.5 Å². The lowest BCUT2D eigenvalue weighted by molar-refractivity contribution is -0.0289. The fourth-order valence-electron chi connectivity index (χ4n) is 3.47. The van der Waals surface area contributed by atoms with Crippen molar-refractivity contribution < 1.29 is 19.7 Å². The number of nitrogens with one attached hydrogen (secondary N) is 1. The minimum absolute atomic E-state index is 0.236. The van der Waals surface area contributed by atoms with E-state index in [1.165, 1.54) is 24.4 Å². The van der Waals surface area contributed by atoms with Gasteiger partial charge in [0.25, 0.3) is 0 Å². The topological polar surface area (TPSA) is 157 Å². The van der Waals surface area contributed by atoms with Crippen LogP contribution in [0.2, 0.25) is 0 Å². The maximum atomic E-state index is 10.6. The maximum absolute atomic E-state index is 10.6. The van der Waals surface area contributed by atoms with Gasteiger partial charge in [-0.2, -0.15) is 0 Å². The summed E-state index contributed by atoms with van der Waals surface area (Å²) in [6.45, 7) is 0. The molecular formula is C18H19N7O4S. The van der Waals surface area contributed by atoms with Crippen molar-refractivity contribution in [2.45, 2.75) is 29.7 Å². The number of nitrogens with two attached hydrogens (primary N) is 1. The van der Waals surface area contributed by atoms with Crippen LogP contribution in [-0.4, -0.2) is 70.9 Å². The van der Waals surface area contributed by atoms with Gasteiger partial charge in [0.05, 0.1) is 30.6 Å². The number of aromatic amines is 1. The summed E-state index contributed by atoms with van der Waals surface area (Å²) in [5, 5.41) is 21.7. The molecule has 4 heterocycles. The van der Waals surface area contributed by atoms with Gasteiger partial charge in [0.15, 0.2) is 22.8 Å². The maximum Gasteiger partial charge on any atom is 0.167 e. The van der Waals surface area contributed by atoms with Crippen molar-refractivity contribution in [3.05, 3.63) is 30.9 Å². The van der Waals surface area contributed by atoms with E-state index < -0.39 is 24.5 Å². The first-order chi connectivity index (χ1) is 14.5. The molecule has 1 saturated heterocycles. The molecule has 4 atom stereocenters. The third-order valence-electron chi connectivity index (χ3n) is 5.05. The summed E-state index contributed by atoms with van der Waals surface area (Å²) in [6, 6.07) is 5.58. The standard InChI is InChI=1S/C18H19N7O4S/c1-28-8-2-3-9-10(4-8)24-18(23-9)30-5-11-13(26)14(27)17(29-11)25-7-22-12-15(19)20-6-21-16(12)25/h2-4,6-7,11,13-14,17,26-27H,5H2,1H3,(H,23,24)(H2,19,20,21)/t11-,13-,14-,17-/m1/s1. The monoisotopic (exact) mass is 429 g/mol. The number of nitrogen functional groups attached to an aromatic ring is 1. The van der Waals surface area contributed by atoms with Crippen LogP contribution in [0.15, 0.2) is 36.0 Å². The van der Waals surface area contributed by atoms with Crippen LogP contribution in [0.3, 0.4) is 0 Å². The number of rotatable bonds is 5. The van der Waals surface area contributed by atoms with Crippen LogP contribution in [0.1, 0.15) is 6.23 Å². The Morgan fingerprint density at radius 3 is 2.97 bits per heavy atom. The molecule has 5 rings (SSSR count). The number of methoxy groups -OCH3 is 1. The van der Waals surface area contributed by atoms with Gasteiger partial charge in [-0.1, -0.05) is 11.8 Å². The largest absolute Gasteiger partial charge is 0.497 e. The molecule has 3 aromatic heterocycles. The summed E-state index contributed by atoms with van der Waals surface area (Å²) in [4.78, 5) is 20.0. The molecule has 1 aromatic carbocycles. The fraction of sp³-hybridized carbons (Fsp3) is 0.333. The highest BCUT2D eigenvalue weighted by molar-refractivity contribution is 7.99. The highest BCUT2D eigenvalue weighted by Crippen LogP contribution is 2.34. The van der Waals surface area contributed by atoms with Gasteiger partial charge in [0, 0.05) is 11.8 Å². The van der Waals surface area contributed by atoms with E-state index in [0.717, 1.165) is 16.8 Å². The number of fused-ring (bicyclic) bond motifs is 2. The molecule has 1 aliphatic rings. The van der Waals surface area contributed by atoms with Gasteiger partial charge in [-0.15, -0.1) is 0 Å². The van der Waals surface area contributed by atoms with Crippen molar-refractivity contribution in [3.63, 3.8) is 0 Å². The van der Waals surface area contributed by atoms with Gasteiger partial charge in [-0.05, 0) is 12.1 Å². The number of aliphatic hydroxyl groups is 2. The average Bonchev–Trinajstić information content (AvgIpc) is 3.43. The number of hydrogen-bond donors (Lipinski definition) is 4. The Hall–Kier alpha value is -2.93. The molecule has 0 aliphatic carbocycles. The van der Waals surface area contributed by atoms with Crippen molar-refractivity contribution in [3.8, 4) is 5.75 Å². The van der Waals surface area contributed by atoms with Crippen LogP contribution < -0.4 is 10.5 Å². The molecule has 11 nitrogen and oxygen atoms in total. The predicted molar refractivity (Wildman–Crippen MR) is 109 cm³/mol. The minimum Gasteiger partial charge on any atom is -0.497 e. The Labute approximate surface area is 174 Å². The van der Waals surface area contributed by atoms with E-state index in [1.54, 1.807) is 11.7 Å². The fourth-order valence-corrected chi connectivity index (χ4v) is 4.42. The van der Waals surface area contributed by atoms with Crippen LogP contribution in [0.4, 0.5) is 5.82 Å². The molecule has 4 aromatic rings. The molecule has 0 radical (unpaired) electrons. The number of aliphatic hydroxyl groups excluding tert-OH is 2. The molecule has 0 amide bonds. The van der Waals surface area contributed by atoms with Gasteiger partial charge in [-0.3, -0.25) is 4.57 Å². The van der Waals surface area contributed by atoms with Gasteiger partial charge >= 0.3 is 0 Å². The summed E-state index contributed by atoms with van der Waals surface area (Å²) in [5.74, 6) is 1.36. The quantitative estimate of drug-likeness (QED) is 0.333. The molecule has 0 bridgehead atoms. The Bertz CT molecular complexity index is 1210. The van der Waals surface area contributed by atoms with Crippen LogP contribution in [0, 0.1) is 0 Å². The number of hydrogen-bond acceptors (Lipinski definition) is 10. The average molecular weight is 429 g/mol. The van der Waals surface area contributed by atoms with E-state index in [-0.39, 0.29) is 5.82 Å². The van der Waals surface area contributed by atoms with E-state index in [0.29, 0.717) is 22.1 Å². The summed E-state index contributed by atoms with van der Waals surface area (Å²) in [5.41, 5.74) is 8.33. The van der Waals surface area contributed by atoms with Crippen molar-refractivity contribution in [2.24, 2.45) is 0 Å². The highest BCUT2D eigenvalue weighted by atomic mass is 32.2. The SMILES string of the molecule is COc1ccc2nc(SC[C@H]3O[C@@H](n4cnc5c(N)ncnc54)[C@H](O)[C@@H]3O)[nH]c2c1. The Balaban J connectivity index is 1.33. The molecule has 0 spiro atoms. The van der Waals surface area contributed by atoms with Crippen molar-refractivity contribution in [1.29, 1.82) is 0 Å². The van der Waals surface area contributed by atoms with Crippen LogP contribution >= 0.6 is 11.8 Å². The second kappa shape index (κ2) is 7.40. The predicted octanol–water partition coefficient (Wildman–Crippen LogP) is 0.705. The zero-order valence-electron chi connectivity index (χ0n) is 15.8. The van der Waals surface area contributed by atoms with Gasteiger partial charge in [-0.25, -0.2) is 19.9 Å². The summed E-state index contributed by atoms with van der Waals surface area (Å²) >= 11 is 1.39. The molecule has 0 unspecified atom stereocenters.